The second-order valence-corrected chi connectivity index (χ2v) is 5.84. The van der Waals surface area contributed by atoms with Gasteiger partial charge in [-0.15, -0.1) is 0 Å². The van der Waals surface area contributed by atoms with Crippen LogP contribution in [-0.4, -0.2) is 25.3 Å². The molecule has 0 saturated heterocycles. The number of rotatable bonds is 5. The van der Waals surface area contributed by atoms with Crippen LogP contribution in [0.3, 0.4) is 0 Å². The van der Waals surface area contributed by atoms with Crippen LogP contribution in [0.5, 0.6) is 0 Å². The van der Waals surface area contributed by atoms with Crippen molar-refractivity contribution in [2.24, 2.45) is 5.73 Å². The van der Waals surface area contributed by atoms with Crippen molar-refractivity contribution < 1.29 is 4.74 Å². The summed E-state index contributed by atoms with van der Waals surface area (Å²) >= 11 is 3.58. The second-order valence-electron chi connectivity index (χ2n) is 5.05. The zero-order chi connectivity index (χ0) is 13.9. The molecular formula is C14H23BrN2O. The Morgan fingerprint density at radius 1 is 1.39 bits per heavy atom. The van der Waals surface area contributed by atoms with Gasteiger partial charge >= 0.3 is 0 Å². The number of nitrogens with one attached hydrogen (secondary N) is 1. The van der Waals surface area contributed by atoms with Crippen molar-refractivity contribution in [1.29, 1.82) is 0 Å². The summed E-state index contributed by atoms with van der Waals surface area (Å²) in [5.74, 6) is 0. The van der Waals surface area contributed by atoms with Gasteiger partial charge in [0, 0.05) is 23.8 Å². The molecule has 0 aromatic heterocycles. The van der Waals surface area contributed by atoms with Crippen LogP contribution in [-0.2, 0) is 4.74 Å². The van der Waals surface area contributed by atoms with E-state index in [4.69, 9.17) is 10.5 Å². The fourth-order valence-corrected chi connectivity index (χ4v) is 2.16. The number of halogens is 1. The summed E-state index contributed by atoms with van der Waals surface area (Å²) in [6.07, 6.45) is 0.0340. The van der Waals surface area contributed by atoms with Gasteiger partial charge in [-0.05, 0) is 51.0 Å². The largest absolute Gasteiger partial charge is 0.379 e. The van der Waals surface area contributed by atoms with Crippen molar-refractivity contribution in [2.75, 3.05) is 19.0 Å². The summed E-state index contributed by atoms with van der Waals surface area (Å²) in [5.41, 5.74) is 9.10. The van der Waals surface area contributed by atoms with Gasteiger partial charge in [0.2, 0.25) is 0 Å². The summed E-state index contributed by atoms with van der Waals surface area (Å²) in [5, 5.41) is 3.49. The number of hydrogen-bond donors (Lipinski definition) is 2. The molecule has 1 rings (SSSR count). The van der Waals surface area contributed by atoms with Crippen LogP contribution in [0.15, 0.2) is 16.6 Å². The minimum Gasteiger partial charge on any atom is -0.379 e. The van der Waals surface area contributed by atoms with Crippen LogP contribution in [0.1, 0.15) is 25.0 Å². The number of methoxy groups -OCH3 is 1. The second kappa shape index (κ2) is 6.04. The predicted molar refractivity (Wildman–Crippen MR) is 81.2 cm³/mol. The highest BCUT2D eigenvalue weighted by Gasteiger charge is 2.29. The molecule has 4 heteroatoms. The molecule has 102 valence electrons. The third-order valence-electron chi connectivity index (χ3n) is 3.54. The van der Waals surface area contributed by atoms with E-state index in [0.717, 1.165) is 10.2 Å². The molecule has 0 spiro atoms. The van der Waals surface area contributed by atoms with Gasteiger partial charge in [-0.25, -0.2) is 0 Å². The quantitative estimate of drug-likeness (QED) is 0.877. The highest BCUT2D eigenvalue weighted by Crippen LogP contribution is 2.27. The van der Waals surface area contributed by atoms with Crippen LogP contribution < -0.4 is 11.1 Å². The third-order valence-corrected chi connectivity index (χ3v) is 4.79. The molecule has 0 aliphatic heterocycles. The average molecular weight is 315 g/mol. The number of ether oxygens (including phenoxy) is 1. The van der Waals surface area contributed by atoms with E-state index >= 15 is 0 Å². The summed E-state index contributed by atoms with van der Waals surface area (Å²) in [4.78, 5) is 0. The standard InChI is InChI=1S/C14H23BrN2O/c1-9-6-12(7-10(2)13(9)15)17-14(4,8-16)11(3)18-5/h6-7,11,17H,8,16H2,1-5H3. The highest BCUT2D eigenvalue weighted by molar-refractivity contribution is 9.10. The number of aryl methyl sites for hydroxylation is 2. The number of anilines is 1. The normalized spacial score (nSPS) is 16.2. The lowest BCUT2D eigenvalue weighted by Crippen LogP contribution is -2.52. The maximum Gasteiger partial charge on any atom is 0.0782 e. The van der Waals surface area contributed by atoms with Gasteiger partial charge in [-0.2, -0.15) is 0 Å². The lowest BCUT2D eigenvalue weighted by Gasteiger charge is -2.35. The summed E-state index contributed by atoms with van der Waals surface area (Å²) in [6.45, 7) is 8.78. The Bertz CT molecular complexity index is 399. The molecule has 0 heterocycles. The Balaban J connectivity index is 3.02. The lowest BCUT2D eigenvalue weighted by atomic mass is 9.95. The molecule has 0 amide bonds. The fraction of sp³-hybridized carbons (Fsp3) is 0.571. The van der Waals surface area contributed by atoms with E-state index in [0.29, 0.717) is 6.54 Å². The molecule has 3 N–H and O–H groups in total. The topological polar surface area (TPSA) is 47.3 Å². The first-order chi connectivity index (χ1) is 8.34. The molecule has 0 aliphatic carbocycles. The van der Waals surface area contributed by atoms with Gasteiger partial charge in [-0.1, -0.05) is 15.9 Å². The van der Waals surface area contributed by atoms with E-state index in [1.54, 1.807) is 7.11 Å². The fourth-order valence-electron chi connectivity index (χ4n) is 1.93. The first-order valence-electron chi connectivity index (χ1n) is 6.12. The molecule has 3 nitrogen and oxygen atoms in total. The SMILES string of the molecule is COC(C)C(C)(CN)Nc1cc(C)c(Br)c(C)c1. The minimum absolute atomic E-state index is 0.0340. The lowest BCUT2D eigenvalue weighted by molar-refractivity contribution is 0.0688. The smallest absolute Gasteiger partial charge is 0.0782 e. The Morgan fingerprint density at radius 3 is 2.28 bits per heavy atom. The maximum absolute atomic E-state index is 5.89. The molecule has 1 aromatic carbocycles. The maximum atomic E-state index is 5.89. The van der Waals surface area contributed by atoms with Crippen molar-refractivity contribution in [3.05, 3.63) is 27.7 Å². The Morgan fingerprint density at radius 2 is 1.89 bits per heavy atom. The Hall–Kier alpha value is -0.580. The van der Waals surface area contributed by atoms with Crippen molar-refractivity contribution in [2.45, 2.75) is 39.3 Å². The van der Waals surface area contributed by atoms with E-state index in [1.807, 2.05) is 6.92 Å². The summed E-state index contributed by atoms with van der Waals surface area (Å²) in [7, 11) is 1.71. The van der Waals surface area contributed by atoms with Crippen LogP contribution in [0.2, 0.25) is 0 Å². The van der Waals surface area contributed by atoms with Crippen molar-refractivity contribution in [3.8, 4) is 0 Å². The molecule has 0 bridgehead atoms. The predicted octanol–water partition coefficient (Wildman–Crippen LogP) is 3.23. The molecule has 2 atom stereocenters. The highest BCUT2D eigenvalue weighted by atomic mass is 79.9. The van der Waals surface area contributed by atoms with Crippen LogP contribution in [0.4, 0.5) is 5.69 Å². The van der Waals surface area contributed by atoms with Gasteiger partial charge in [0.15, 0.2) is 0 Å². The first kappa shape index (κ1) is 15.5. The minimum atomic E-state index is -0.276. The third kappa shape index (κ3) is 3.25. The Labute approximate surface area is 118 Å². The van der Waals surface area contributed by atoms with E-state index in [9.17, 15) is 0 Å². The zero-order valence-corrected chi connectivity index (χ0v) is 13.4. The zero-order valence-electron chi connectivity index (χ0n) is 11.8. The molecule has 0 radical (unpaired) electrons. The summed E-state index contributed by atoms with van der Waals surface area (Å²) < 4.78 is 6.57. The number of nitrogens with two attached hydrogens (primary N) is 1. The molecule has 1 aromatic rings. The van der Waals surface area contributed by atoms with Crippen LogP contribution in [0, 0.1) is 13.8 Å². The molecule has 0 aliphatic rings. The van der Waals surface area contributed by atoms with Crippen molar-refractivity contribution in [3.63, 3.8) is 0 Å². The first-order valence-corrected chi connectivity index (χ1v) is 6.91. The summed E-state index contributed by atoms with van der Waals surface area (Å²) in [6, 6.07) is 4.24. The van der Waals surface area contributed by atoms with Crippen molar-refractivity contribution >= 4 is 21.6 Å². The monoisotopic (exact) mass is 314 g/mol. The van der Waals surface area contributed by atoms with Gasteiger partial charge in [-0.3, -0.25) is 0 Å². The van der Waals surface area contributed by atoms with E-state index in [1.165, 1.54) is 11.1 Å². The molecule has 0 saturated carbocycles. The van der Waals surface area contributed by atoms with Gasteiger partial charge in [0.1, 0.15) is 0 Å². The molecular weight excluding hydrogens is 292 g/mol. The number of hydrogen-bond acceptors (Lipinski definition) is 3. The molecule has 18 heavy (non-hydrogen) atoms. The van der Waals surface area contributed by atoms with Crippen LogP contribution in [0.25, 0.3) is 0 Å². The van der Waals surface area contributed by atoms with E-state index in [-0.39, 0.29) is 11.6 Å². The Kier molecular flexibility index (Phi) is 5.20. The van der Waals surface area contributed by atoms with Crippen molar-refractivity contribution in [1.82, 2.24) is 0 Å². The molecule has 2 unspecified atom stereocenters. The van der Waals surface area contributed by atoms with E-state index < -0.39 is 0 Å². The average Bonchev–Trinajstić information content (AvgIpc) is 2.34. The van der Waals surface area contributed by atoms with Crippen LogP contribution >= 0.6 is 15.9 Å². The number of benzene rings is 1. The van der Waals surface area contributed by atoms with Gasteiger partial charge in [0.25, 0.3) is 0 Å². The van der Waals surface area contributed by atoms with Gasteiger partial charge < -0.3 is 15.8 Å². The molecule has 0 fully saturated rings. The van der Waals surface area contributed by atoms with E-state index in [2.05, 4.69) is 54.2 Å². The van der Waals surface area contributed by atoms with Gasteiger partial charge in [0.05, 0.1) is 11.6 Å².